The highest BCUT2D eigenvalue weighted by Gasteiger charge is 2.05. The van der Waals surface area contributed by atoms with Crippen LogP contribution in [0, 0.1) is 6.92 Å². The maximum absolute atomic E-state index is 11.8. The summed E-state index contributed by atoms with van der Waals surface area (Å²) in [5.41, 5.74) is 2.43. The first-order chi connectivity index (χ1) is 9.15. The number of amides is 1. The zero-order valence-corrected chi connectivity index (χ0v) is 12.3. The average Bonchev–Trinajstić information content (AvgIpc) is 2.38. The Kier molecular flexibility index (Phi) is 4.68. The molecule has 19 heavy (non-hydrogen) atoms. The van der Waals surface area contributed by atoms with E-state index in [1.807, 2.05) is 18.2 Å². The molecular formula is C15H15BrN2O. The molecule has 0 atom stereocenters. The van der Waals surface area contributed by atoms with Crippen molar-refractivity contribution in [3.63, 3.8) is 0 Å². The first kappa shape index (κ1) is 13.7. The molecular weight excluding hydrogens is 304 g/mol. The van der Waals surface area contributed by atoms with Crippen LogP contribution in [0.2, 0.25) is 0 Å². The van der Waals surface area contributed by atoms with Gasteiger partial charge < -0.3 is 5.32 Å². The monoisotopic (exact) mass is 318 g/mol. The molecule has 1 aromatic carbocycles. The van der Waals surface area contributed by atoms with E-state index in [-0.39, 0.29) is 5.91 Å². The predicted octanol–water partition coefficient (Wildman–Crippen LogP) is 3.72. The molecule has 1 heterocycles. The summed E-state index contributed by atoms with van der Waals surface area (Å²) in [6.07, 6.45) is 2.85. The Morgan fingerprint density at radius 2 is 2.11 bits per heavy atom. The first-order valence-electron chi connectivity index (χ1n) is 6.11. The lowest BCUT2D eigenvalue weighted by molar-refractivity contribution is -0.116. The van der Waals surface area contributed by atoms with Gasteiger partial charge in [-0.1, -0.05) is 40.2 Å². The van der Waals surface area contributed by atoms with Gasteiger partial charge in [-0.2, -0.15) is 0 Å². The summed E-state index contributed by atoms with van der Waals surface area (Å²) >= 11 is 3.35. The van der Waals surface area contributed by atoms with Crippen LogP contribution in [-0.4, -0.2) is 10.9 Å². The van der Waals surface area contributed by atoms with Crippen molar-refractivity contribution in [3.05, 3.63) is 58.2 Å². The number of aromatic nitrogens is 1. The van der Waals surface area contributed by atoms with Crippen LogP contribution in [0.25, 0.3) is 0 Å². The van der Waals surface area contributed by atoms with Gasteiger partial charge in [0, 0.05) is 17.1 Å². The Balaban J connectivity index is 1.90. The number of nitrogens with zero attached hydrogens (tertiary/aromatic N) is 1. The van der Waals surface area contributed by atoms with Gasteiger partial charge >= 0.3 is 0 Å². The number of carbonyl (C=O) groups excluding carboxylic acids is 1. The van der Waals surface area contributed by atoms with E-state index >= 15 is 0 Å². The minimum Gasteiger partial charge on any atom is -0.311 e. The summed E-state index contributed by atoms with van der Waals surface area (Å²) < 4.78 is 0.900. The highest BCUT2D eigenvalue weighted by atomic mass is 79.9. The van der Waals surface area contributed by atoms with E-state index < -0.39 is 0 Å². The van der Waals surface area contributed by atoms with Crippen LogP contribution in [0.3, 0.4) is 0 Å². The lowest BCUT2D eigenvalue weighted by atomic mass is 10.0. The lowest BCUT2D eigenvalue weighted by Gasteiger charge is -2.06. The highest BCUT2D eigenvalue weighted by molar-refractivity contribution is 9.10. The topological polar surface area (TPSA) is 42.0 Å². The maximum atomic E-state index is 11.8. The van der Waals surface area contributed by atoms with Gasteiger partial charge in [-0.05, 0) is 36.6 Å². The lowest BCUT2D eigenvalue weighted by Crippen LogP contribution is -2.13. The van der Waals surface area contributed by atoms with E-state index in [1.54, 1.807) is 12.3 Å². The fraction of sp³-hybridized carbons (Fsp3) is 0.200. The van der Waals surface area contributed by atoms with Crippen molar-refractivity contribution in [1.29, 1.82) is 0 Å². The van der Waals surface area contributed by atoms with Gasteiger partial charge in [-0.15, -0.1) is 0 Å². The number of carbonyl (C=O) groups is 1. The molecule has 2 rings (SSSR count). The Labute approximate surface area is 121 Å². The number of aryl methyl sites for hydroxylation is 2. The summed E-state index contributed by atoms with van der Waals surface area (Å²) in [5.74, 6) is 0.554. The standard InChI is InChI=1S/C15H15BrN2O/c1-11-4-2-3-5-12(11)6-7-15(19)18-14-10-13(16)8-9-17-14/h2-5,8-10H,6-7H2,1H3,(H,17,18,19). The van der Waals surface area contributed by atoms with Gasteiger partial charge in [-0.3, -0.25) is 4.79 Å². The van der Waals surface area contributed by atoms with Crippen LogP contribution in [-0.2, 0) is 11.2 Å². The summed E-state index contributed by atoms with van der Waals surface area (Å²) in [4.78, 5) is 15.9. The molecule has 1 N–H and O–H groups in total. The van der Waals surface area contributed by atoms with Gasteiger partial charge in [0.25, 0.3) is 0 Å². The zero-order chi connectivity index (χ0) is 13.7. The van der Waals surface area contributed by atoms with Crippen LogP contribution in [0.15, 0.2) is 47.1 Å². The minimum atomic E-state index is -0.0196. The fourth-order valence-corrected chi connectivity index (χ4v) is 2.15. The first-order valence-corrected chi connectivity index (χ1v) is 6.90. The number of anilines is 1. The molecule has 0 radical (unpaired) electrons. The third-order valence-electron chi connectivity index (χ3n) is 2.87. The van der Waals surface area contributed by atoms with Gasteiger partial charge in [0.1, 0.15) is 5.82 Å². The van der Waals surface area contributed by atoms with Crippen molar-refractivity contribution in [2.24, 2.45) is 0 Å². The highest BCUT2D eigenvalue weighted by Crippen LogP contribution is 2.14. The second kappa shape index (κ2) is 6.48. The van der Waals surface area contributed by atoms with Gasteiger partial charge in [0.05, 0.1) is 0 Å². The quantitative estimate of drug-likeness (QED) is 0.933. The van der Waals surface area contributed by atoms with Crippen LogP contribution in [0.5, 0.6) is 0 Å². The van der Waals surface area contributed by atoms with Crippen molar-refractivity contribution in [3.8, 4) is 0 Å². The Hall–Kier alpha value is -1.68. The van der Waals surface area contributed by atoms with Crippen LogP contribution in [0.4, 0.5) is 5.82 Å². The largest absolute Gasteiger partial charge is 0.311 e. The number of pyridine rings is 1. The molecule has 1 amide bonds. The molecule has 0 saturated heterocycles. The summed E-state index contributed by atoms with van der Waals surface area (Å²) in [5, 5.41) is 2.79. The SMILES string of the molecule is Cc1ccccc1CCC(=O)Nc1cc(Br)ccn1. The number of hydrogen-bond donors (Lipinski definition) is 1. The molecule has 98 valence electrons. The Morgan fingerprint density at radius 3 is 2.84 bits per heavy atom. The third kappa shape index (κ3) is 4.17. The fourth-order valence-electron chi connectivity index (χ4n) is 1.82. The van der Waals surface area contributed by atoms with Crippen LogP contribution in [0.1, 0.15) is 17.5 Å². The van der Waals surface area contributed by atoms with E-state index in [1.165, 1.54) is 11.1 Å². The maximum Gasteiger partial charge on any atom is 0.225 e. The second-order valence-electron chi connectivity index (χ2n) is 4.33. The molecule has 4 heteroatoms. The molecule has 0 saturated carbocycles. The minimum absolute atomic E-state index is 0.0196. The summed E-state index contributed by atoms with van der Waals surface area (Å²) in [7, 11) is 0. The Bertz CT molecular complexity index is 584. The van der Waals surface area contributed by atoms with Crippen LogP contribution < -0.4 is 5.32 Å². The third-order valence-corrected chi connectivity index (χ3v) is 3.37. The predicted molar refractivity (Wildman–Crippen MR) is 80.1 cm³/mol. The van der Waals surface area contributed by atoms with Crippen molar-refractivity contribution in [2.45, 2.75) is 19.8 Å². The van der Waals surface area contributed by atoms with E-state index in [0.29, 0.717) is 12.2 Å². The normalized spacial score (nSPS) is 10.2. The van der Waals surface area contributed by atoms with Gasteiger partial charge in [0.15, 0.2) is 0 Å². The number of hydrogen-bond acceptors (Lipinski definition) is 2. The van der Waals surface area contributed by atoms with Crippen molar-refractivity contribution < 1.29 is 4.79 Å². The smallest absolute Gasteiger partial charge is 0.225 e. The van der Waals surface area contributed by atoms with Gasteiger partial charge in [0.2, 0.25) is 5.91 Å². The molecule has 0 unspecified atom stereocenters. The molecule has 0 aliphatic rings. The van der Waals surface area contributed by atoms with E-state index in [9.17, 15) is 4.79 Å². The molecule has 0 bridgehead atoms. The molecule has 2 aromatic rings. The van der Waals surface area contributed by atoms with E-state index in [0.717, 1.165) is 10.9 Å². The molecule has 0 aliphatic carbocycles. The molecule has 1 aromatic heterocycles. The van der Waals surface area contributed by atoms with E-state index in [4.69, 9.17) is 0 Å². The molecule has 0 fully saturated rings. The summed E-state index contributed by atoms with van der Waals surface area (Å²) in [6, 6.07) is 11.7. The van der Waals surface area contributed by atoms with E-state index in [2.05, 4.69) is 45.3 Å². The molecule has 0 spiro atoms. The van der Waals surface area contributed by atoms with Crippen molar-refractivity contribution in [2.75, 3.05) is 5.32 Å². The van der Waals surface area contributed by atoms with Crippen molar-refractivity contribution >= 4 is 27.7 Å². The van der Waals surface area contributed by atoms with Gasteiger partial charge in [-0.25, -0.2) is 4.98 Å². The van der Waals surface area contributed by atoms with Crippen molar-refractivity contribution in [1.82, 2.24) is 4.98 Å². The number of rotatable bonds is 4. The van der Waals surface area contributed by atoms with Crippen LogP contribution >= 0.6 is 15.9 Å². The number of nitrogens with one attached hydrogen (secondary N) is 1. The number of halogens is 1. The average molecular weight is 319 g/mol. The summed E-state index contributed by atoms with van der Waals surface area (Å²) in [6.45, 7) is 2.06. The Morgan fingerprint density at radius 1 is 1.32 bits per heavy atom. The molecule has 3 nitrogen and oxygen atoms in total. The number of benzene rings is 1. The zero-order valence-electron chi connectivity index (χ0n) is 10.7. The molecule has 0 aliphatic heterocycles. The second-order valence-corrected chi connectivity index (χ2v) is 5.25.